The Morgan fingerprint density at radius 2 is 1.66 bits per heavy atom. The number of rotatable bonds is 6. The summed E-state index contributed by atoms with van der Waals surface area (Å²) in [6.45, 7) is 7.43. The van der Waals surface area contributed by atoms with Crippen LogP contribution >= 0.6 is 0 Å². The first-order valence-electron chi connectivity index (χ1n) is 12.5. The molecule has 1 aliphatic rings. The Morgan fingerprint density at radius 3 is 2.32 bits per heavy atom. The number of nitrogens with zero attached hydrogens (tertiary/aromatic N) is 1. The van der Waals surface area contributed by atoms with Crippen LogP contribution in [-0.2, 0) is 9.59 Å². The number of carbonyl (C=O) groups excluding carboxylic acids is 2. The molecule has 4 N–H and O–H groups in total. The van der Waals surface area contributed by atoms with Crippen molar-refractivity contribution in [2.75, 3.05) is 29.5 Å². The zero-order valence-corrected chi connectivity index (χ0v) is 21.7. The molecule has 6 nitrogen and oxygen atoms in total. The maximum absolute atomic E-state index is 14.2. The van der Waals surface area contributed by atoms with E-state index in [-0.39, 0.29) is 29.0 Å². The lowest BCUT2D eigenvalue weighted by Crippen LogP contribution is -2.40. The molecule has 1 heterocycles. The number of nitrogen functional groups attached to an aromatic ring is 1. The van der Waals surface area contributed by atoms with E-state index in [1.54, 1.807) is 30.3 Å². The number of nitrogens with two attached hydrogens (primary N) is 1. The lowest BCUT2D eigenvalue weighted by molar-refractivity contribution is -0.120. The summed E-state index contributed by atoms with van der Waals surface area (Å²) >= 11 is 0. The van der Waals surface area contributed by atoms with Crippen LogP contribution in [0.2, 0.25) is 0 Å². The van der Waals surface area contributed by atoms with Gasteiger partial charge in [0.05, 0.1) is 23.0 Å². The molecule has 38 heavy (non-hydrogen) atoms. The number of carbonyl (C=O) groups is 2. The lowest BCUT2D eigenvalue weighted by Gasteiger charge is -2.31. The van der Waals surface area contributed by atoms with Crippen molar-refractivity contribution in [3.63, 3.8) is 0 Å². The van der Waals surface area contributed by atoms with Crippen LogP contribution in [0.5, 0.6) is 0 Å². The quantitative estimate of drug-likeness (QED) is 0.291. The van der Waals surface area contributed by atoms with Crippen molar-refractivity contribution in [1.29, 1.82) is 0 Å². The van der Waals surface area contributed by atoms with E-state index >= 15 is 0 Å². The molecule has 2 atom stereocenters. The highest BCUT2D eigenvalue weighted by atomic mass is 19.1. The minimum Gasteiger partial charge on any atom is -0.397 e. The summed E-state index contributed by atoms with van der Waals surface area (Å²) in [4.78, 5) is 27.8. The third kappa shape index (κ3) is 6.44. The van der Waals surface area contributed by atoms with Crippen molar-refractivity contribution in [2.24, 2.45) is 5.92 Å². The van der Waals surface area contributed by atoms with Crippen LogP contribution in [0.1, 0.15) is 37.8 Å². The standard InChI is InChI=1S/C30H32F2N4O2/c1-30(2,3)36-17-22(23(18-36)29(38)35-26-14-13-21(31)16-24(26)32)20-11-8-19(9-12-20)10-15-28(37)34-27-7-5-4-6-25(27)33/h4-16,22-23H,17-18,33H2,1-3H3,(H,34,37)(H,35,38). The SMILES string of the molecule is CC(C)(C)N1CC(C(=O)Nc2ccc(F)cc2F)C(c2ccc(C=CC(=O)Nc3ccccc3N)cc2)C1. The first-order valence-corrected chi connectivity index (χ1v) is 12.5. The van der Waals surface area contributed by atoms with E-state index in [4.69, 9.17) is 5.73 Å². The minimum absolute atomic E-state index is 0.0413. The predicted molar refractivity (Wildman–Crippen MR) is 148 cm³/mol. The van der Waals surface area contributed by atoms with Gasteiger partial charge in [-0.1, -0.05) is 36.4 Å². The molecule has 3 aromatic rings. The third-order valence-electron chi connectivity index (χ3n) is 6.80. The van der Waals surface area contributed by atoms with Gasteiger partial charge < -0.3 is 16.4 Å². The number of para-hydroxylation sites is 2. The molecule has 1 aliphatic heterocycles. The number of halogens is 2. The van der Waals surface area contributed by atoms with Crippen LogP contribution in [0, 0.1) is 17.6 Å². The second-order valence-electron chi connectivity index (χ2n) is 10.5. The van der Waals surface area contributed by atoms with Crippen LogP contribution in [0.15, 0.2) is 72.8 Å². The Balaban J connectivity index is 1.48. The van der Waals surface area contributed by atoms with Crippen molar-refractivity contribution in [2.45, 2.75) is 32.2 Å². The zero-order valence-electron chi connectivity index (χ0n) is 21.7. The predicted octanol–water partition coefficient (Wildman–Crippen LogP) is 5.65. The molecule has 8 heteroatoms. The van der Waals surface area contributed by atoms with E-state index in [0.29, 0.717) is 24.5 Å². The van der Waals surface area contributed by atoms with Crippen molar-refractivity contribution < 1.29 is 18.4 Å². The smallest absolute Gasteiger partial charge is 0.248 e. The van der Waals surface area contributed by atoms with Crippen LogP contribution < -0.4 is 16.4 Å². The third-order valence-corrected chi connectivity index (χ3v) is 6.80. The maximum atomic E-state index is 14.2. The van der Waals surface area contributed by atoms with E-state index in [2.05, 4.69) is 36.3 Å². The van der Waals surface area contributed by atoms with Gasteiger partial charge in [-0.05, 0) is 62.2 Å². The second-order valence-corrected chi connectivity index (χ2v) is 10.5. The summed E-state index contributed by atoms with van der Waals surface area (Å²) in [6.07, 6.45) is 3.14. The summed E-state index contributed by atoms with van der Waals surface area (Å²) in [5, 5.41) is 5.40. The number of hydrogen-bond donors (Lipinski definition) is 3. The average molecular weight is 519 g/mol. The molecular formula is C30H32F2N4O2. The van der Waals surface area contributed by atoms with Gasteiger partial charge in [0.15, 0.2) is 0 Å². The van der Waals surface area contributed by atoms with E-state index in [0.717, 1.165) is 23.3 Å². The highest BCUT2D eigenvalue weighted by Crippen LogP contribution is 2.37. The number of amides is 2. The van der Waals surface area contributed by atoms with Gasteiger partial charge in [-0.3, -0.25) is 14.5 Å². The molecule has 0 aliphatic carbocycles. The average Bonchev–Trinajstić information content (AvgIpc) is 3.33. The Hall–Kier alpha value is -4.04. The van der Waals surface area contributed by atoms with Crippen LogP contribution in [0.25, 0.3) is 6.08 Å². The summed E-state index contributed by atoms with van der Waals surface area (Å²) in [7, 11) is 0. The Morgan fingerprint density at radius 1 is 0.947 bits per heavy atom. The number of benzene rings is 3. The number of likely N-dealkylation sites (tertiary alicyclic amines) is 1. The molecule has 0 bridgehead atoms. The van der Waals surface area contributed by atoms with Crippen LogP contribution in [0.3, 0.4) is 0 Å². The van der Waals surface area contributed by atoms with Gasteiger partial charge in [-0.2, -0.15) is 0 Å². The Labute approximate surface area is 221 Å². The summed E-state index contributed by atoms with van der Waals surface area (Å²) in [5.74, 6) is -2.67. The summed E-state index contributed by atoms with van der Waals surface area (Å²) in [6, 6.07) is 17.8. The molecule has 4 rings (SSSR count). The maximum Gasteiger partial charge on any atom is 0.248 e. The van der Waals surface area contributed by atoms with Gasteiger partial charge in [0.25, 0.3) is 0 Å². The van der Waals surface area contributed by atoms with Gasteiger partial charge in [-0.25, -0.2) is 8.78 Å². The first-order chi connectivity index (χ1) is 18.0. The monoisotopic (exact) mass is 518 g/mol. The van der Waals surface area contributed by atoms with Crippen LogP contribution in [-0.4, -0.2) is 35.3 Å². The molecule has 1 saturated heterocycles. The van der Waals surface area contributed by atoms with Crippen molar-refractivity contribution in [3.8, 4) is 0 Å². The van der Waals surface area contributed by atoms with E-state index in [1.807, 2.05) is 24.3 Å². The fourth-order valence-electron chi connectivity index (χ4n) is 4.58. The van der Waals surface area contributed by atoms with E-state index < -0.39 is 17.6 Å². The first kappa shape index (κ1) is 27.0. The van der Waals surface area contributed by atoms with Crippen molar-refractivity contribution in [1.82, 2.24) is 4.90 Å². The fourth-order valence-corrected chi connectivity index (χ4v) is 4.58. The molecule has 1 fully saturated rings. The lowest BCUT2D eigenvalue weighted by atomic mass is 9.88. The topological polar surface area (TPSA) is 87.5 Å². The number of nitrogens with one attached hydrogen (secondary N) is 2. The minimum atomic E-state index is -0.810. The largest absolute Gasteiger partial charge is 0.397 e. The molecule has 2 amide bonds. The van der Waals surface area contributed by atoms with E-state index in [1.165, 1.54) is 12.1 Å². The van der Waals surface area contributed by atoms with Gasteiger partial charge >= 0.3 is 0 Å². The molecular weight excluding hydrogens is 486 g/mol. The van der Waals surface area contributed by atoms with Gasteiger partial charge in [0.2, 0.25) is 11.8 Å². The molecule has 3 aromatic carbocycles. The van der Waals surface area contributed by atoms with Crippen LogP contribution in [0.4, 0.5) is 25.8 Å². The van der Waals surface area contributed by atoms with Gasteiger partial charge in [0.1, 0.15) is 11.6 Å². The Bertz CT molecular complexity index is 1350. The Kier molecular flexibility index (Phi) is 7.92. The van der Waals surface area contributed by atoms with Crippen molar-refractivity contribution >= 4 is 35.0 Å². The molecule has 0 spiro atoms. The number of anilines is 3. The number of hydrogen-bond acceptors (Lipinski definition) is 4. The highest BCUT2D eigenvalue weighted by Gasteiger charge is 2.42. The molecule has 0 saturated carbocycles. The van der Waals surface area contributed by atoms with Gasteiger partial charge in [0, 0.05) is 36.7 Å². The molecule has 198 valence electrons. The second kappa shape index (κ2) is 11.1. The fraction of sp³-hybridized carbons (Fsp3) is 0.267. The zero-order chi connectivity index (χ0) is 27.4. The molecule has 2 unspecified atom stereocenters. The molecule has 0 radical (unpaired) electrons. The summed E-state index contributed by atoms with van der Waals surface area (Å²) in [5.41, 5.74) is 8.50. The van der Waals surface area contributed by atoms with Gasteiger partial charge in [-0.15, -0.1) is 0 Å². The highest BCUT2D eigenvalue weighted by molar-refractivity contribution is 6.03. The summed E-state index contributed by atoms with van der Waals surface area (Å²) < 4.78 is 27.5. The van der Waals surface area contributed by atoms with E-state index in [9.17, 15) is 18.4 Å². The van der Waals surface area contributed by atoms with Crippen molar-refractivity contribution in [3.05, 3.63) is 95.6 Å². The normalized spacial score (nSPS) is 18.0. The molecule has 0 aromatic heterocycles.